The SMILES string of the molecule is O=C(I)N1CCc2ncncc2C1. The zero-order chi connectivity index (χ0) is 9.26. The topological polar surface area (TPSA) is 46.1 Å². The third kappa shape index (κ3) is 1.79. The number of carbonyl (C=O) groups is 1. The summed E-state index contributed by atoms with van der Waals surface area (Å²) >= 11 is 1.81. The van der Waals surface area contributed by atoms with Crippen molar-refractivity contribution in [2.45, 2.75) is 13.0 Å². The van der Waals surface area contributed by atoms with E-state index in [1.165, 1.54) is 0 Å². The van der Waals surface area contributed by atoms with Crippen molar-refractivity contribution >= 4 is 26.5 Å². The Kier molecular flexibility index (Phi) is 2.43. The molecule has 0 saturated heterocycles. The van der Waals surface area contributed by atoms with Crippen molar-refractivity contribution in [2.24, 2.45) is 0 Å². The van der Waals surface area contributed by atoms with Crippen LogP contribution in [0.15, 0.2) is 12.5 Å². The van der Waals surface area contributed by atoms with Crippen molar-refractivity contribution in [3.8, 4) is 0 Å². The average molecular weight is 289 g/mol. The second-order valence-corrected chi connectivity index (χ2v) is 3.84. The molecule has 0 aliphatic carbocycles. The highest BCUT2D eigenvalue weighted by atomic mass is 127. The van der Waals surface area contributed by atoms with Crippen molar-refractivity contribution in [2.75, 3.05) is 6.54 Å². The summed E-state index contributed by atoms with van der Waals surface area (Å²) in [6.07, 6.45) is 4.18. The van der Waals surface area contributed by atoms with E-state index >= 15 is 0 Å². The van der Waals surface area contributed by atoms with Crippen LogP contribution in [0.5, 0.6) is 0 Å². The lowest BCUT2D eigenvalue weighted by Crippen LogP contribution is -2.32. The molecule has 0 N–H and O–H groups in total. The molecule has 68 valence electrons. The van der Waals surface area contributed by atoms with E-state index in [0.717, 1.165) is 24.2 Å². The van der Waals surface area contributed by atoms with E-state index in [9.17, 15) is 4.79 Å². The monoisotopic (exact) mass is 289 g/mol. The number of halogens is 1. The molecule has 0 spiro atoms. The van der Waals surface area contributed by atoms with Gasteiger partial charge in [0.15, 0.2) is 0 Å². The Bertz CT molecular complexity index is 342. The number of amides is 1. The lowest BCUT2D eigenvalue weighted by Gasteiger charge is -2.25. The van der Waals surface area contributed by atoms with E-state index in [2.05, 4.69) is 9.97 Å². The highest BCUT2D eigenvalue weighted by molar-refractivity contribution is 14.1. The molecule has 5 heteroatoms. The molecule has 0 unspecified atom stereocenters. The first-order valence-corrected chi connectivity index (χ1v) is 5.07. The highest BCUT2D eigenvalue weighted by Crippen LogP contribution is 2.17. The Labute approximate surface area is 89.5 Å². The van der Waals surface area contributed by atoms with Crippen molar-refractivity contribution in [3.05, 3.63) is 23.8 Å². The van der Waals surface area contributed by atoms with Gasteiger partial charge < -0.3 is 4.90 Å². The summed E-state index contributed by atoms with van der Waals surface area (Å²) in [5.74, 6) is 0. The molecule has 1 aromatic heterocycles. The fourth-order valence-electron chi connectivity index (χ4n) is 1.42. The molecule has 0 bridgehead atoms. The van der Waals surface area contributed by atoms with Crippen LogP contribution in [0.1, 0.15) is 11.3 Å². The molecule has 0 atom stereocenters. The van der Waals surface area contributed by atoms with E-state index in [0.29, 0.717) is 6.54 Å². The third-order valence-corrected chi connectivity index (χ3v) is 2.79. The van der Waals surface area contributed by atoms with Gasteiger partial charge >= 0.3 is 0 Å². The van der Waals surface area contributed by atoms with Gasteiger partial charge in [-0.1, -0.05) is 0 Å². The number of hydrogen-bond donors (Lipinski definition) is 0. The molecule has 1 aromatic rings. The summed E-state index contributed by atoms with van der Waals surface area (Å²) < 4.78 is 0.0899. The molecule has 1 amide bonds. The fraction of sp³-hybridized carbons (Fsp3) is 0.375. The maximum Gasteiger partial charge on any atom is 0.283 e. The molecule has 13 heavy (non-hydrogen) atoms. The molecule has 0 radical (unpaired) electrons. The van der Waals surface area contributed by atoms with Crippen LogP contribution in [0.2, 0.25) is 0 Å². The van der Waals surface area contributed by atoms with Gasteiger partial charge in [0.25, 0.3) is 3.91 Å². The van der Waals surface area contributed by atoms with Crippen LogP contribution < -0.4 is 0 Å². The predicted molar refractivity (Wildman–Crippen MR) is 55.6 cm³/mol. The van der Waals surface area contributed by atoms with E-state index < -0.39 is 0 Å². The molecule has 1 aliphatic rings. The van der Waals surface area contributed by atoms with E-state index in [1.807, 2.05) is 0 Å². The van der Waals surface area contributed by atoms with Crippen LogP contribution in [0.3, 0.4) is 0 Å². The smallest absolute Gasteiger partial charge is 0.283 e. The lowest BCUT2D eigenvalue weighted by atomic mass is 10.1. The largest absolute Gasteiger partial charge is 0.329 e. The normalized spacial score (nSPS) is 15.3. The number of aromatic nitrogens is 2. The zero-order valence-corrected chi connectivity index (χ0v) is 9.06. The van der Waals surface area contributed by atoms with Gasteiger partial charge in [-0.2, -0.15) is 0 Å². The molecular formula is C8H8IN3O. The Morgan fingerprint density at radius 1 is 1.62 bits per heavy atom. The Hall–Kier alpha value is -0.720. The maximum atomic E-state index is 11.1. The molecule has 2 rings (SSSR count). The summed E-state index contributed by atoms with van der Waals surface area (Å²) in [6.45, 7) is 1.42. The van der Waals surface area contributed by atoms with Crippen LogP contribution in [-0.2, 0) is 13.0 Å². The van der Waals surface area contributed by atoms with Gasteiger partial charge in [0, 0.05) is 53.9 Å². The summed E-state index contributed by atoms with van der Waals surface area (Å²) in [4.78, 5) is 21.0. The molecule has 0 fully saturated rings. The number of rotatable bonds is 0. The van der Waals surface area contributed by atoms with Gasteiger partial charge in [0.2, 0.25) is 0 Å². The molecule has 2 heterocycles. The maximum absolute atomic E-state index is 11.1. The van der Waals surface area contributed by atoms with Crippen LogP contribution in [0, 0.1) is 0 Å². The van der Waals surface area contributed by atoms with Gasteiger partial charge in [-0.25, -0.2) is 9.97 Å². The van der Waals surface area contributed by atoms with E-state index in [4.69, 9.17) is 0 Å². The fourth-order valence-corrected chi connectivity index (χ4v) is 1.83. The van der Waals surface area contributed by atoms with Gasteiger partial charge in [0.05, 0.1) is 5.69 Å². The van der Waals surface area contributed by atoms with Crippen molar-refractivity contribution < 1.29 is 4.79 Å². The van der Waals surface area contributed by atoms with Gasteiger partial charge in [-0.15, -0.1) is 0 Å². The Balaban J connectivity index is 2.24. The summed E-state index contributed by atoms with van der Waals surface area (Å²) in [5.41, 5.74) is 2.14. The number of hydrogen-bond acceptors (Lipinski definition) is 3. The lowest BCUT2D eigenvalue weighted by molar-refractivity contribution is 0.220. The van der Waals surface area contributed by atoms with E-state index in [1.54, 1.807) is 40.0 Å². The quantitative estimate of drug-likeness (QED) is 0.412. The average Bonchev–Trinajstić information content (AvgIpc) is 2.17. The minimum Gasteiger partial charge on any atom is -0.329 e. The summed E-state index contributed by atoms with van der Waals surface area (Å²) in [7, 11) is 0. The molecule has 4 nitrogen and oxygen atoms in total. The molecular weight excluding hydrogens is 281 g/mol. The van der Waals surface area contributed by atoms with Crippen molar-refractivity contribution in [1.82, 2.24) is 14.9 Å². The standard InChI is InChI=1S/C8H8IN3O/c9-8(13)12-2-1-7-6(4-12)3-10-5-11-7/h3,5H,1-2,4H2. The second kappa shape index (κ2) is 3.57. The predicted octanol–water partition coefficient (Wildman–Crippen LogP) is 1.39. The van der Waals surface area contributed by atoms with Crippen LogP contribution in [0.4, 0.5) is 4.79 Å². The molecule has 0 saturated carbocycles. The number of carbonyl (C=O) groups excluding carboxylic acids is 1. The minimum absolute atomic E-state index is 0.0899. The van der Waals surface area contributed by atoms with Gasteiger partial charge in [-0.3, -0.25) is 4.79 Å². The van der Waals surface area contributed by atoms with Crippen molar-refractivity contribution in [3.63, 3.8) is 0 Å². The number of nitrogens with zero attached hydrogens (tertiary/aromatic N) is 3. The molecule has 0 aromatic carbocycles. The third-order valence-electron chi connectivity index (χ3n) is 2.11. The first-order chi connectivity index (χ1) is 6.27. The second-order valence-electron chi connectivity index (χ2n) is 2.92. The summed E-state index contributed by atoms with van der Waals surface area (Å²) in [5, 5.41) is 0. The first kappa shape index (κ1) is 8.86. The molecule has 1 aliphatic heterocycles. The zero-order valence-electron chi connectivity index (χ0n) is 6.90. The van der Waals surface area contributed by atoms with Crippen molar-refractivity contribution in [1.29, 1.82) is 0 Å². The Morgan fingerprint density at radius 3 is 3.23 bits per heavy atom. The number of fused-ring (bicyclic) bond motifs is 1. The van der Waals surface area contributed by atoms with Gasteiger partial charge in [0.1, 0.15) is 6.33 Å². The van der Waals surface area contributed by atoms with Crippen LogP contribution in [0.25, 0.3) is 0 Å². The minimum atomic E-state index is 0.0899. The first-order valence-electron chi connectivity index (χ1n) is 3.99. The summed E-state index contributed by atoms with van der Waals surface area (Å²) in [6, 6.07) is 0. The van der Waals surface area contributed by atoms with Crippen LogP contribution in [-0.4, -0.2) is 25.3 Å². The van der Waals surface area contributed by atoms with Gasteiger partial charge in [-0.05, 0) is 0 Å². The van der Waals surface area contributed by atoms with Crippen LogP contribution >= 0.6 is 22.6 Å². The highest BCUT2D eigenvalue weighted by Gasteiger charge is 2.19. The Morgan fingerprint density at radius 2 is 2.46 bits per heavy atom. The van der Waals surface area contributed by atoms with E-state index in [-0.39, 0.29) is 3.91 Å².